The number of carbonyl (C=O) groups excluding carboxylic acids is 1. The van der Waals surface area contributed by atoms with Crippen LogP contribution in [0.5, 0.6) is 17.2 Å². The zero-order valence-electron chi connectivity index (χ0n) is 15.0. The fourth-order valence-electron chi connectivity index (χ4n) is 2.21. The van der Waals surface area contributed by atoms with E-state index in [2.05, 4.69) is 10.3 Å². The van der Waals surface area contributed by atoms with Gasteiger partial charge in [-0.3, -0.25) is 9.78 Å². The number of carbonyl (C=O) groups is 1. The number of amides is 1. The van der Waals surface area contributed by atoms with Gasteiger partial charge < -0.3 is 19.9 Å². The zero-order valence-corrected chi connectivity index (χ0v) is 15.0. The average Bonchev–Trinajstić information content (AvgIpc) is 2.71. The maximum absolute atomic E-state index is 12.1. The number of ether oxygens (including phenoxy) is 2. The fraction of sp³-hybridized carbons (Fsp3) is 0.150. The van der Waals surface area contributed by atoms with Gasteiger partial charge in [0.2, 0.25) is 5.75 Å². The van der Waals surface area contributed by atoms with Crippen LogP contribution < -0.4 is 14.8 Å². The van der Waals surface area contributed by atoms with E-state index in [0.29, 0.717) is 5.56 Å². The second-order valence-corrected chi connectivity index (χ2v) is 5.37. The molecule has 1 aromatic carbocycles. The minimum atomic E-state index is -0.480. The molecule has 2 rings (SSSR count). The standard InChI is InChI=1S/C20H19N3O4/c1-26-17-9-14(10-18(27-2)19(17)24)5-3-7-16(11-21)20(25)23-13-15-6-4-8-22-12-15/h3-10,12,24H,13H2,1-2H3,(H,23,25)/b5-3+,16-7+. The van der Waals surface area contributed by atoms with Crippen LogP contribution in [0.1, 0.15) is 11.1 Å². The minimum absolute atomic E-state index is 0.0344. The molecule has 7 nitrogen and oxygen atoms in total. The molecule has 0 saturated carbocycles. The van der Waals surface area contributed by atoms with Crippen molar-refractivity contribution in [2.75, 3.05) is 14.2 Å². The molecule has 0 aliphatic rings. The van der Waals surface area contributed by atoms with Crippen LogP contribution in [0.3, 0.4) is 0 Å². The third-order valence-electron chi connectivity index (χ3n) is 3.59. The van der Waals surface area contributed by atoms with Crippen molar-refractivity contribution in [3.63, 3.8) is 0 Å². The van der Waals surface area contributed by atoms with Crippen LogP contribution in [0.4, 0.5) is 0 Å². The number of hydrogen-bond acceptors (Lipinski definition) is 6. The summed E-state index contributed by atoms with van der Waals surface area (Å²) in [7, 11) is 2.87. The first kappa shape index (κ1) is 19.5. The predicted molar refractivity (Wildman–Crippen MR) is 100 cm³/mol. The smallest absolute Gasteiger partial charge is 0.262 e. The summed E-state index contributed by atoms with van der Waals surface area (Å²) in [5, 5.41) is 21.8. The summed E-state index contributed by atoms with van der Waals surface area (Å²) in [6, 6.07) is 8.68. The number of rotatable bonds is 7. The SMILES string of the molecule is COc1cc(/C=C/C=C(\C#N)C(=O)NCc2cccnc2)cc(OC)c1O. The summed E-state index contributed by atoms with van der Waals surface area (Å²) in [5.41, 5.74) is 1.47. The van der Waals surface area contributed by atoms with E-state index in [9.17, 15) is 15.2 Å². The molecule has 0 unspecified atom stereocenters. The number of pyridine rings is 1. The van der Waals surface area contributed by atoms with Crippen LogP contribution in [0, 0.1) is 11.3 Å². The van der Waals surface area contributed by atoms with Crippen molar-refractivity contribution < 1.29 is 19.4 Å². The molecule has 0 radical (unpaired) electrons. The third-order valence-corrected chi connectivity index (χ3v) is 3.59. The van der Waals surface area contributed by atoms with Crippen LogP contribution in [0.25, 0.3) is 6.08 Å². The molecular weight excluding hydrogens is 346 g/mol. The molecule has 0 fully saturated rings. The molecular formula is C20H19N3O4. The molecule has 0 saturated heterocycles. The molecule has 2 aromatic rings. The number of methoxy groups -OCH3 is 2. The van der Waals surface area contributed by atoms with E-state index < -0.39 is 5.91 Å². The quantitative estimate of drug-likeness (QED) is 0.444. The van der Waals surface area contributed by atoms with E-state index in [1.54, 1.807) is 42.7 Å². The molecule has 138 valence electrons. The van der Waals surface area contributed by atoms with Gasteiger partial charge in [0.1, 0.15) is 11.6 Å². The van der Waals surface area contributed by atoms with Crippen molar-refractivity contribution in [2.24, 2.45) is 0 Å². The van der Waals surface area contributed by atoms with Crippen LogP contribution in [-0.4, -0.2) is 30.2 Å². The molecule has 0 bridgehead atoms. The summed E-state index contributed by atoms with van der Waals surface area (Å²) >= 11 is 0. The highest BCUT2D eigenvalue weighted by Gasteiger charge is 2.10. The van der Waals surface area contributed by atoms with E-state index >= 15 is 0 Å². The predicted octanol–water partition coefficient (Wildman–Crippen LogP) is 2.58. The summed E-state index contributed by atoms with van der Waals surface area (Å²) < 4.78 is 10.2. The molecule has 0 aliphatic carbocycles. The Bertz CT molecular complexity index is 874. The van der Waals surface area contributed by atoms with E-state index in [4.69, 9.17) is 9.47 Å². The lowest BCUT2D eigenvalue weighted by atomic mass is 10.1. The van der Waals surface area contributed by atoms with Gasteiger partial charge in [-0.15, -0.1) is 0 Å². The lowest BCUT2D eigenvalue weighted by molar-refractivity contribution is -0.117. The van der Waals surface area contributed by atoms with Crippen LogP contribution >= 0.6 is 0 Å². The van der Waals surface area contributed by atoms with Crippen molar-refractivity contribution in [3.05, 3.63) is 65.5 Å². The minimum Gasteiger partial charge on any atom is -0.502 e. The van der Waals surface area contributed by atoms with Crippen LogP contribution in [0.15, 0.2) is 54.4 Å². The molecule has 2 N–H and O–H groups in total. The highest BCUT2D eigenvalue weighted by atomic mass is 16.5. The van der Waals surface area contributed by atoms with Gasteiger partial charge in [-0.2, -0.15) is 5.26 Å². The van der Waals surface area contributed by atoms with Gasteiger partial charge in [-0.1, -0.05) is 18.2 Å². The number of phenols is 1. The summed E-state index contributed by atoms with van der Waals surface area (Å²) in [6.07, 6.45) is 7.92. The van der Waals surface area contributed by atoms with Crippen LogP contribution in [0.2, 0.25) is 0 Å². The first-order chi connectivity index (χ1) is 13.1. The summed E-state index contributed by atoms with van der Waals surface area (Å²) in [5.74, 6) is -0.0625. The number of aromatic hydroxyl groups is 1. The van der Waals surface area contributed by atoms with Crippen molar-refractivity contribution in [2.45, 2.75) is 6.54 Å². The number of nitrogens with one attached hydrogen (secondary N) is 1. The number of hydrogen-bond donors (Lipinski definition) is 2. The lowest BCUT2D eigenvalue weighted by Gasteiger charge is -2.09. The third kappa shape index (κ3) is 5.34. The molecule has 0 spiro atoms. The van der Waals surface area contributed by atoms with Crippen molar-refractivity contribution in [1.29, 1.82) is 5.26 Å². The number of nitrogens with zero attached hydrogens (tertiary/aromatic N) is 2. The number of nitriles is 1. The molecule has 7 heteroatoms. The van der Waals surface area contributed by atoms with E-state index in [1.165, 1.54) is 20.3 Å². The Morgan fingerprint density at radius 2 is 2.04 bits per heavy atom. The Morgan fingerprint density at radius 1 is 1.33 bits per heavy atom. The van der Waals surface area contributed by atoms with Crippen LogP contribution in [-0.2, 0) is 11.3 Å². The maximum atomic E-state index is 12.1. The highest BCUT2D eigenvalue weighted by Crippen LogP contribution is 2.37. The number of phenolic OH excluding ortho intramolecular Hbond substituents is 1. The Morgan fingerprint density at radius 3 is 2.59 bits per heavy atom. The first-order valence-corrected chi connectivity index (χ1v) is 7.99. The van der Waals surface area contributed by atoms with E-state index in [1.807, 2.05) is 12.1 Å². The maximum Gasteiger partial charge on any atom is 0.262 e. The van der Waals surface area contributed by atoms with Gasteiger partial charge in [-0.25, -0.2) is 0 Å². The normalized spacial score (nSPS) is 11.1. The molecule has 1 heterocycles. The van der Waals surface area contributed by atoms with Gasteiger partial charge in [0.05, 0.1) is 14.2 Å². The van der Waals surface area contributed by atoms with Crippen molar-refractivity contribution >= 4 is 12.0 Å². The lowest BCUT2D eigenvalue weighted by Crippen LogP contribution is -2.23. The first-order valence-electron chi connectivity index (χ1n) is 7.99. The zero-order chi connectivity index (χ0) is 19.6. The van der Waals surface area contributed by atoms with Gasteiger partial charge in [0.15, 0.2) is 11.5 Å². The van der Waals surface area contributed by atoms with E-state index in [0.717, 1.165) is 5.56 Å². The number of aromatic nitrogens is 1. The monoisotopic (exact) mass is 365 g/mol. The van der Waals surface area contributed by atoms with Gasteiger partial charge in [0, 0.05) is 18.9 Å². The number of benzene rings is 1. The van der Waals surface area contributed by atoms with Gasteiger partial charge in [-0.05, 0) is 35.4 Å². The second-order valence-electron chi connectivity index (χ2n) is 5.37. The Balaban J connectivity index is 2.09. The topological polar surface area (TPSA) is 104 Å². The molecule has 1 aromatic heterocycles. The van der Waals surface area contributed by atoms with Crippen molar-refractivity contribution in [1.82, 2.24) is 10.3 Å². The van der Waals surface area contributed by atoms with Crippen molar-refractivity contribution in [3.8, 4) is 23.3 Å². The Hall–Kier alpha value is -3.79. The molecule has 0 atom stereocenters. The second kappa shape index (κ2) is 9.63. The van der Waals surface area contributed by atoms with E-state index in [-0.39, 0.29) is 29.4 Å². The molecule has 27 heavy (non-hydrogen) atoms. The van der Waals surface area contributed by atoms with Gasteiger partial charge >= 0.3 is 0 Å². The molecule has 0 aliphatic heterocycles. The highest BCUT2D eigenvalue weighted by molar-refractivity contribution is 5.97. The Labute approximate surface area is 157 Å². The average molecular weight is 365 g/mol. The van der Waals surface area contributed by atoms with Gasteiger partial charge in [0.25, 0.3) is 5.91 Å². The largest absolute Gasteiger partial charge is 0.502 e. The number of allylic oxidation sites excluding steroid dienone is 2. The Kier molecular flexibility index (Phi) is 6.97. The fourth-order valence-corrected chi connectivity index (χ4v) is 2.21. The molecule has 1 amide bonds. The summed E-state index contributed by atoms with van der Waals surface area (Å²) in [6.45, 7) is 0.280. The summed E-state index contributed by atoms with van der Waals surface area (Å²) in [4.78, 5) is 16.1.